The molecule has 6 nitrogen and oxygen atoms in total. The number of benzene rings is 3. The first kappa shape index (κ1) is 19.2. The number of aromatic nitrogens is 4. The minimum atomic E-state index is -0.343. The van der Waals surface area contributed by atoms with Crippen LogP contribution in [0.3, 0.4) is 0 Å². The van der Waals surface area contributed by atoms with Gasteiger partial charge in [0.05, 0.1) is 19.5 Å². The Morgan fingerprint density at radius 2 is 1.83 bits per heavy atom. The van der Waals surface area contributed by atoms with Crippen LogP contribution in [-0.4, -0.2) is 38.8 Å². The first-order chi connectivity index (χ1) is 14.0. The van der Waals surface area contributed by atoms with Gasteiger partial charge in [-0.15, -0.1) is 0 Å². The van der Waals surface area contributed by atoms with Gasteiger partial charge in [-0.25, -0.2) is 9.07 Å². The topological polar surface area (TPSA) is 48.1 Å². The van der Waals surface area contributed by atoms with Crippen LogP contribution in [0.4, 0.5) is 4.39 Å². The third kappa shape index (κ3) is 4.18. The van der Waals surface area contributed by atoms with Crippen molar-refractivity contribution in [3.05, 3.63) is 76.8 Å². The van der Waals surface area contributed by atoms with E-state index >= 15 is 0 Å². The second kappa shape index (κ2) is 8.10. The lowest BCUT2D eigenvalue weighted by molar-refractivity contribution is 0.242. The normalized spacial score (nSPS) is 11.3. The van der Waals surface area contributed by atoms with Crippen molar-refractivity contribution in [2.24, 2.45) is 0 Å². The van der Waals surface area contributed by atoms with Gasteiger partial charge in [-0.1, -0.05) is 24.3 Å². The number of nitrogens with zero attached hydrogens (tertiary/aromatic N) is 5. The Labute approximate surface area is 172 Å². The van der Waals surface area contributed by atoms with Crippen LogP contribution in [0.15, 0.2) is 60.7 Å². The molecule has 3 aromatic carbocycles. The van der Waals surface area contributed by atoms with Crippen molar-refractivity contribution in [3.63, 3.8) is 0 Å². The fourth-order valence-corrected chi connectivity index (χ4v) is 3.46. The predicted molar refractivity (Wildman–Crippen MR) is 112 cm³/mol. The summed E-state index contributed by atoms with van der Waals surface area (Å²) in [5, 5.41) is 10.5. The van der Waals surface area contributed by atoms with Crippen LogP contribution < -0.4 is 4.74 Å². The summed E-state index contributed by atoms with van der Waals surface area (Å²) in [7, 11) is 3.65. The molecule has 0 unspecified atom stereocenters. The molecule has 8 heteroatoms. The summed E-state index contributed by atoms with van der Waals surface area (Å²) < 4.78 is 22.2. The lowest BCUT2D eigenvalue weighted by Crippen LogP contribution is -2.22. The van der Waals surface area contributed by atoms with Gasteiger partial charge in [-0.05, 0) is 82.4 Å². The van der Waals surface area contributed by atoms with Crippen LogP contribution in [-0.2, 0) is 13.2 Å². The number of ether oxygens (including phenoxy) is 1. The van der Waals surface area contributed by atoms with Crippen LogP contribution >= 0.6 is 12.2 Å². The molecule has 4 aromatic rings. The average molecular weight is 409 g/mol. The van der Waals surface area contributed by atoms with Gasteiger partial charge in [0.25, 0.3) is 0 Å². The lowest BCUT2D eigenvalue weighted by Gasteiger charge is -2.16. The zero-order valence-corrected chi connectivity index (χ0v) is 16.9. The molecule has 1 heterocycles. The van der Waals surface area contributed by atoms with E-state index in [4.69, 9.17) is 17.0 Å². The molecule has 1 aromatic heterocycles. The molecule has 0 fully saturated rings. The van der Waals surface area contributed by atoms with E-state index in [1.54, 1.807) is 23.9 Å². The summed E-state index contributed by atoms with van der Waals surface area (Å²) >= 11 is 5.46. The summed E-state index contributed by atoms with van der Waals surface area (Å²) in [6, 6.07) is 18.5. The lowest BCUT2D eigenvalue weighted by atomic mass is 10.1. The Kier molecular flexibility index (Phi) is 5.37. The van der Waals surface area contributed by atoms with Crippen LogP contribution in [0, 0.1) is 10.6 Å². The fourth-order valence-electron chi connectivity index (χ4n) is 3.22. The molecule has 4 rings (SSSR count). The number of fused-ring (bicyclic) bond motifs is 1. The van der Waals surface area contributed by atoms with E-state index in [9.17, 15) is 4.39 Å². The summed E-state index contributed by atoms with van der Waals surface area (Å²) in [5.74, 6) is 0.503. The zero-order valence-electron chi connectivity index (χ0n) is 16.1. The standard InChI is InChI=1S/C21H20FN5OS/c1-25(13-15-6-7-17-11-20(28-2)9-8-16(17)10-15)14-26-21(29)27(24-23-26)19-5-3-4-18(22)12-19/h3-12H,13-14H2,1-2H3. The molecule has 0 aliphatic heterocycles. The highest BCUT2D eigenvalue weighted by Crippen LogP contribution is 2.22. The highest BCUT2D eigenvalue weighted by Gasteiger charge is 2.09. The van der Waals surface area contributed by atoms with Crippen molar-refractivity contribution in [2.45, 2.75) is 13.2 Å². The van der Waals surface area contributed by atoms with Crippen LogP contribution in [0.2, 0.25) is 0 Å². The van der Waals surface area contributed by atoms with Gasteiger partial charge in [0, 0.05) is 6.54 Å². The predicted octanol–water partition coefficient (Wildman–Crippen LogP) is 4.19. The molecule has 0 amide bonds. The molecule has 148 valence electrons. The molecular weight excluding hydrogens is 389 g/mol. The van der Waals surface area contributed by atoms with Gasteiger partial charge in [-0.2, -0.15) is 4.68 Å². The summed E-state index contributed by atoms with van der Waals surface area (Å²) in [6.45, 7) is 1.19. The van der Waals surface area contributed by atoms with E-state index in [1.165, 1.54) is 22.4 Å². The highest BCUT2D eigenvalue weighted by molar-refractivity contribution is 7.71. The molecule has 0 atom stereocenters. The monoisotopic (exact) mass is 409 g/mol. The van der Waals surface area contributed by atoms with Crippen LogP contribution in [0.25, 0.3) is 16.5 Å². The van der Waals surface area contributed by atoms with Gasteiger partial charge < -0.3 is 4.74 Å². The van der Waals surface area contributed by atoms with Gasteiger partial charge in [0.2, 0.25) is 4.77 Å². The van der Waals surface area contributed by atoms with Gasteiger partial charge in [0.15, 0.2) is 0 Å². The van der Waals surface area contributed by atoms with Gasteiger partial charge in [0.1, 0.15) is 11.6 Å². The Morgan fingerprint density at radius 3 is 2.62 bits per heavy atom. The fraction of sp³-hybridized carbons (Fsp3) is 0.190. The summed E-state index contributed by atoms with van der Waals surface area (Å²) in [4.78, 5) is 2.09. The minimum Gasteiger partial charge on any atom is -0.497 e. The average Bonchev–Trinajstić information content (AvgIpc) is 3.07. The van der Waals surface area contributed by atoms with E-state index < -0.39 is 0 Å². The molecule has 0 radical (unpaired) electrons. The molecule has 0 bridgehead atoms. The second-order valence-corrected chi connectivity index (χ2v) is 7.22. The van der Waals surface area contributed by atoms with Crippen molar-refractivity contribution in [1.29, 1.82) is 0 Å². The maximum atomic E-state index is 13.5. The number of hydrogen-bond acceptors (Lipinski definition) is 5. The molecule has 0 aliphatic carbocycles. The van der Waals surface area contributed by atoms with Crippen molar-refractivity contribution < 1.29 is 9.13 Å². The van der Waals surface area contributed by atoms with E-state index in [0.29, 0.717) is 17.1 Å². The molecule has 0 aliphatic rings. The van der Waals surface area contributed by atoms with Crippen molar-refractivity contribution in [1.82, 2.24) is 24.7 Å². The smallest absolute Gasteiger partial charge is 0.221 e. The quantitative estimate of drug-likeness (QED) is 0.447. The zero-order chi connectivity index (χ0) is 20.4. The Hall–Kier alpha value is -3.10. The molecular formula is C21H20FN5OS. The van der Waals surface area contributed by atoms with Crippen molar-refractivity contribution in [2.75, 3.05) is 14.2 Å². The maximum Gasteiger partial charge on any atom is 0.221 e. The SMILES string of the molecule is COc1ccc2cc(CN(C)Cn3nnn(-c4cccc(F)c4)c3=S)ccc2c1. The first-order valence-corrected chi connectivity index (χ1v) is 9.48. The maximum absolute atomic E-state index is 13.5. The van der Waals surface area contributed by atoms with Crippen molar-refractivity contribution in [3.8, 4) is 11.4 Å². The number of rotatable bonds is 6. The number of methoxy groups -OCH3 is 1. The number of halogens is 1. The minimum absolute atomic E-state index is 0.343. The van der Waals surface area contributed by atoms with E-state index in [2.05, 4.69) is 39.6 Å². The van der Waals surface area contributed by atoms with E-state index in [0.717, 1.165) is 23.1 Å². The van der Waals surface area contributed by atoms with Crippen LogP contribution in [0.1, 0.15) is 5.56 Å². The highest BCUT2D eigenvalue weighted by atomic mass is 32.1. The number of tetrazole rings is 1. The molecule has 29 heavy (non-hydrogen) atoms. The van der Waals surface area contributed by atoms with E-state index in [1.807, 2.05) is 19.2 Å². The molecule has 0 spiro atoms. The Balaban J connectivity index is 1.49. The Morgan fingerprint density at radius 1 is 1.03 bits per heavy atom. The van der Waals surface area contributed by atoms with Gasteiger partial charge >= 0.3 is 0 Å². The third-order valence-corrected chi connectivity index (χ3v) is 5.02. The molecule has 0 saturated carbocycles. The molecule has 0 saturated heterocycles. The largest absolute Gasteiger partial charge is 0.497 e. The van der Waals surface area contributed by atoms with Crippen molar-refractivity contribution >= 4 is 23.0 Å². The summed E-state index contributed by atoms with van der Waals surface area (Å²) in [5.41, 5.74) is 1.73. The van der Waals surface area contributed by atoms with E-state index in [-0.39, 0.29) is 5.82 Å². The number of hydrogen-bond donors (Lipinski definition) is 0. The van der Waals surface area contributed by atoms with Gasteiger partial charge in [-0.3, -0.25) is 4.90 Å². The van der Waals surface area contributed by atoms with Crippen LogP contribution in [0.5, 0.6) is 5.75 Å². The second-order valence-electron chi connectivity index (χ2n) is 6.86. The Bertz CT molecular complexity index is 1220. The third-order valence-electron chi connectivity index (χ3n) is 4.63. The molecule has 0 N–H and O–H groups in total. The summed E-state index contributed by atoms with van der Waals surface area (Å²) in [6.07, 6.45) is 0. The first-order valence-electron chi connectivity index (χ1n) is 9.07.